The lowest BCUT2D eigenvalue weighted by atomic mass is 9.52. The molecule has 0 fully saturated rings. The third-order valence-corrected chi connectivity index (χ3v) is 1.69. The number of hydrogen-bond donors (Lipinski definition) is 0. The van der Waals surface area contributed by atoms with E-state index in [9.17, 15) is 0 Å². The van der Waals surface area contributed by atoms with Crippen molar-refractivity contribution in [3.05, 3.63) is 24.7 Å². The molecule has 0 aliphatic rings. The Hall–Kier alpha value is -0.455. The van der Waals surface area contributed by atoms with E-state index in [1.54, 1.807) is 6.08 Å². The smallest absolute Gasteiger partial charge is 0.122 e. The molecular weight excluding hydrogens is 131 g/mol. The summed E-state index contributed by atoms with van der Waals surface area (Å²) in [6, 6.07) is 0. The van der Waals surface area contributed by atoms with E-state index in [-0.39, 0.29) is 0 Å². The molecule has 0 aliphatic carbocycles. The van der Waals surface area contributed by atoms with Gasteiger partial charge in [0.25, 0.3) is 0 Å². The van der Waals surface area contributed by atoms with Crippen molar-refractivity contribution in [2.45, 2.75) is 38.9 Å². The van der Waals surface area contributed by atoms with Crippen LogP contribution in [0, 0.1) is 0 Å². The van der Waals surface area contributed by atoms with Crippen LogP contribution >= 0.6 is 0 Å². The molecule has 0 nitrogen and oxygen atoms in total. The lowest BCUT2D eigenvalue weighted by Gasteiger charge is -2.20. The SMILES string of the molecule is C=CC=C[B]C(C)(C)CCC. The van der Waals surface area contributed by atoms with Crippen LogP contribution in [-0.4, -0.2) is 7.28 Å². The largest absolute Gasteiger partial charge is 0.148 e. The predicted octanol–water partition coefficient (Wildman–Crippen LogP) is 3.39. The van der Waals surface area contributed by atoms with Crippen LogP contribution in [0.25, 0.3) is 0 Å². The fourth-order valence-corrected chi connectivity index (χ4v) is 1.12. The summed E-state index contributed by atoms with van der Waals surface area (Å²) < 4.78 is 0. The molecule has 0 aromatic rings. The minimum absolute atomic E-state index is 0.342. The molecule has 0 unspecified atom stereocenters. The van der Waals surface area contributed by atoms with E-state index >= 15 is 0 Å². The van der Waals surface area contributed by atoms with Gasteiger partial charge < -0.3 is 0 Å². The maximum atomic E-state index is 3.62. The monoisotopic (exact) mass is 149 g/mol. The van der Waals surface area contributed by atoms with Crippen molar-refractivity contribution in [1.82, 2.24) is 0 Å². The summed E-state index contributed by atoms with van der Waals surface area (Å²) in [4.78, 5) is 0. The molecule has 0 aromatic carbocycles. The molecule has 0 saturated carbocycles. The van der Waals surface area contributed by atoms with Crippen molar-refractivity contribution in [3.8, 4) is 0 Å². The van der Waals surface area contributed by atoms with Crippen LogP contribution in [0.15, 0.2) is 24.7 Å². The molecule has 61 valence electrons. The standard InChI is InChI=1S/C10H18B/c1-5-7-9-11-10(3,4)8-6-2/h5,7,9H,1,6,8H2,2-4H3. The molecule has 11 heavy (non-hydrogen) atoms. The highest BCUT2D eigenvalue weighted by molar-refractivity contribution is 6.45. The first kappa shape index (κ1) is 10.5. The van der Waals surface area contributed by atoms with Gasteiger partial charge in [-0.05, 0) is 0 Å². The molecule has 0 rings (SSSR count). The number of rotatable bonds is 5. The summed E-state index contributed by atoms with van der Waals surface area (Å²) in [6.07, 6.45) is 6.26. The molecule has 0 atom stereocenters. The molecule has 1 radical (unpaired) electrons. The van der Waals surface area contributed by atoms with Crippen molar-refractivity contribution >= 4 is 7.28 Å². The molecule has 0 N–H and O–H groups in total. The van der Waals surface area contributed by atoms with Crippen LogP contribution in [0.1, 0.15) is 33.6 Å². The van der Waals surface area contributed by atoms with E-state index in [2.05, 4.69) is 40.6 Å². The summed E-state index contributed by atoms with van der Waals surface area (Å²) in [5, 5.41) is 0.342. The Morgan fingerprint density at radius 1 is 1.45 bits per heavy atom. The van der Waals surface area contributed by atoms with E-state index in [0.717, 1.165) is 0 Å². The summed E-state index contributed by atoms with van der Waals surface area (Å²) in [6.45, 7) is 10.3. The van der Waals surface area contributed by atoms with E-state index in [4.69, 9.17) is 0 Å². The lowest BCUT2D eigenvalue weighted by Crippen LogP contribution is -2.10. The Morgan fingerprint density at radius 3 is 2.55 bits per heavy atom. The van der Waals surface area contributed by atoms with E-state index in [0.29, 0.717) is 5.31 Å². The van der Waals surface area contributed by atoms with Crippen LogP contribution in [0.5, 0.6) is 0 Å². The summed E-state index contributed by atoms with van der Waals surface area (Å²) in [5.74, 6) is 2.07. The van der Waals surface area contributed by atoms with Crippen LogP contribution in [0.4, 0.5) is 0 Å². The third kappa shape index (κ3) is 5.96. The molecule has 0 spiro atoms. The molecule has 0 aromatic heterocycles. The fourth-order valence-electron chi connectivity index (χ4n) is 1.12. The Balaban J connectivity index is 3.71. The van der Waals surface area contributed by atoms with Gasteiger partial charge in [-0.15, -0.1) is 5.98 Å². The highest BCUT2D eigenvalue weighted by Gasteiger charge is 2.14. The van der Waals surface area contributed by atoms with Crippen molar-refractivity contribution in [2.75, 3.05) is 0 Å². The van der Waals surface area contributed by atoms with Gasteiger partial charge in [0.2, 0.25) is 0 Å². The van der Waals surface area contributed by atoms with Gasteiger partial charge in [-0.25, -0.2) is 0 Å². The van der Waals surface area contributed by atoms with Crippen molar-refractivity contribution in [2.24, 2.45) is 0 Å². The zero-order chi connectivity index (χ0) is 8.74. The Kier molecular flexibility index (Phi) is 5.01. The van der Waals surface area contributed by atoms with Gasteiger partial charge in [0, 0.05) is 0 Å². The van der Waals surface area contributed by atoms with Gasteiger partial charge in [0.05, 0.1) is 0 Å². The minimum Gasteiger partial charge on any atom is -0.122 e. The van der Waals surface area contributed by atoms with Gasteiger partial charge in [-0.2, -0.15) is 0 Å². The van der Waals surface area contributed by atoms with Gasteiger partial charge in [-0.3, -0.25) is 0 Å². The average Bonchev–Trinajstić information content (AvgIpc) is 1.87. The van der Waals surface area contributed by atoms with Crippen molar-refractivity contribution in [1.29, 1.82) is 0 Å². The predicted molar refractivity (Wildman–Crippen MR) is 54.0 cm³/mol. The molecule has 0 heterocycles. The Labute approximate surface area is 71.6 Å². The van der Waals surface area contributed by atoms with E-state index in [1.807, 2.05) is 6.08 Å². The van der Waals surface area contributed by atoms with Crippen molar-refractivity contribution < 1.29 is 0 Å². The quantitative estimate of drug-likeness (QED) is 0.415. The van der Waals surface area contributed by atoms with Crippen molar-refractivity contribution in [3.63, 3.8) is 0 Å². The zero-order valence-corrected chi connectivity index (χ0v) is 7.93. The summed E-state index contributed by atoms with van der Waals surface area (Å²) in [7, 11) is 2.23. The third-order valence-electron chi connectivity index (χ3n) is 1.69. The summed E-state index contributed by atoms with van der Waals surface area (Å²) >= 11 is 0. The molecule has 0 saturated heterocycles. The van der Waals surface area contributed by atoms with Crippen LogP contribution in [0.3, 0.4) is 0 Å². The molecule has 0 amide bonds. The Bertz CT molecular complexity index is 134. The van der Waals surface area contributed by atoms with Gasteiger partial charge in [0.15, 0.2) is 0 Å². The number of hydrogen-bond acceptors (Lipinski definition) is 0. The van der Waals surface area contributed by atoms with E-state index < -0.39 is 0 Å². The molecule has 0 aliphatic heterocycles. The molecule has 0 bridgehead atoms. The Morgan fingerprint density at radius 2 is 2.09 bits per heavy atom. The lowest BCUT2D eigenvalue weighted by molar-refractivity contribution is 0.595. The summed E-state index contributed by atoms with van der Waals surface area (Å²) in [5.41, 5.74) is 0. The molecule has 1 heteroatoms. The van der Waals surface area contributed by atoms with Crippen LogP contribution in [-0.2, 0) is 0 Å². The van der Waals surface area contributed by atoms with Gasteiger partial charge >= 0.3 is 0 Å². The molecular formula is C10H18B. The van der Waals surface area contributed by atoms with Gasteiger partial charge in [-0.1, -0.05) is 57.7 Å². The van der Waals surface area contributed by atoms with Gasteiger partial charge in [0.1, 0.15) is 7.28 Å². The van der Waals surface area contributed by atoms with Crippen LogP contribution in [0.2, 0.25) is 5.31 Å². The normalized spacial score (nSPS) is 11.9. The maximum Gasteiger partial charge on any atom is 0.148 e. The highest BCUT2D eigenvalue weighted by atomic mass is 14.1. The highest BCUT2D eigenvalue weighted by Crippen LogP contribution is 2.28. The fraction of sp³-hybridized carbons (Fsp3) is 0.600. The maximum absolute atomic E-state index is 3.62. The van der Waals surface area contributed by atoms with E-state index in [1.165, 1.54) is 12.8 Å². The first-order chi connectivity index (χ1) is 5.12. The first-order valence-electron chi connectivity index (χ1n) is 4.26. The number of allylic oxidation sites excluding steroid dienone is 2. The average molecular weight is 149 g/mol. The second kappa shape index (κ2) is 5.23. The topological polar surface area (TPSA) is 0 Å². The first-order valence-corrected chi connectivity index (χ1v) is 4.26. The second-order valence-corrected chi connectivity index (χ2v) is 3.53. The minimum atomic E-state index is 0.342. The van der Waals surface area contributed by atoms with Crippen LogP contribution < -0.4 is 0 Å². The second-order valence-electron chi connectivity index (χ2n) is 3.53. The zero-order valence-electron chi connectivity index (χ0n) is 7.93.